The Labute approximate surface area is 239 Å². The van der Waals surface area contributed by atoms with Crippen molar-refractivity contribution < 1.29 is 37.4 Å². The number of aromatic nitrogens is 3. The SMILES string of the molecule is CC1CCC([C@H](NC(=O)OCc2ccccc2)c2cn3nc(CC4(C(=O)O)C[C@@H](C(F)(F)F)NC4=O)ccc3n2)CC1. The van der Waals surface area contributed by atoms with Crippen LogP contribution in [0.15, 0.2) is 48.7 Å². The molecule has 2 aliphatic rings. The van der Waals surface area contributed by atoms with Gasteiger partial charge in [-0.15, -0.1) is 0 Å². The zero-order valence-corrected chi connectivity index (χ0v) is 22.9. The van der Waals surface area contributed by atoms with E-state index in [0.29, 0.717) is 17.3 Å². The zero-order valence-electron chi connectivity index (χ0n) is 22.9. The number of benzene rings is 1. The number of alkyl halides is 3. The number of fused-ring (bicyclic) bond motifs is 1. The summed E-state index contributed by atoms with van der Waals surface area (Å²) in [6.45, 7) is 2.29. The van der Waals surface area contributed by atoms with Gasteiger partial charge in [0.25, 0.3) is 0 Å². The maximum absolute atomic E-state index is 13.3. The van der Waals surface area contributed by atoms with Crippen molar-refractivity contribution in [3.8, 4) is 0 Å². The lowest BCUT2D eigenvalue weighted by Gasteiger charge is -2.32. The molecule has 1 saturated carbocycles. The summed E-state index contributed by atoms with van der Waals surface area (Å²) in [4.78, 5) is 42.1. The van der Waals surface area contributed by atoms with E-state index in [0.717, 1.165) is 31.2 Å². The predicted octanol–water partition coefficient (Wildman–Crippen LogP) is 4.59. The number of carboxylic acids is 1. The van der Waals surface area contributed by atoms with E-state index < -0.39 is 54.5 Å². The van der Waals surface area contributed by atoms with Crippen molar-refractivity contribution in [1.29, 1.82) is 0 Å². The van der Waals surface area contributed by atoms with Crippen LogP contribution in [-0.2, 0) is 27.4 Å². The number of hydrogen-bond donors (Lipinski definition) is 3. The molecule has 1 saturated heterocycles. The molecule has 2 amide bonds. The van der Waals surface area contributed by atoms with E-state index in [2.05, 4.69) is 22.3 Å². The van der Waals surface area contributed by atoms with E-state index in [1.807, 2.05) is 30.3 Å². The van der Waals surface area contributed by atoms with Crippen LogP contribution in [0.1, 0.15) is 62.0 Å². The minimum atomic E-state index is -4.77. The third-order valence-electron chi connectivity index (χ3n) is 8.31. The highest BCUT2D eigenvalue weighted by Gasteiger charge is 2.59. The molecule has 1 aliphatic heterocycles. The van der Waals surface area contributed by atoms with Gasteiger partial charge in [-0.25, -0.2) is 14.3 Å². The molecule has 1 aliphatic carbocycles. The van der Waals surface area contributed by atoms with Gasteiger partial charge in [0.1, 0.15) is 12.6 Å². The molecule has 224 valence electrons. The van der Waals surface area contributed by atoms with Gasteiger partial charge < -0.3 is 20.5 Å². The standard InChI is InChI=1S/C29H32F3N5O5/c1-17-7-9-19(10-8-17)24(35-27(41)42-16-18-5-3-2-4-6-18)21-15-37-23(33-21)12-11-20(36-37)13-28(26(39)40)14-22(29(30,31)32)34-25(28)38/h2-6,11-12,15,17,19,22,24H,7-10,13-14,16H2,1H3,(H,34,38)(H,35,41)(H,39,40)/t17?,19?,22-,24-,28?/m0/s1. The molecule has 2 aromatic heterocycles. The lowest BCUT2D eigenvalue weighted by molar-refractivity contribution is -0.158. The minimum absolute atomic E-state index is 0.0895. The van der Waals surface area contributed by atoms with Crippen molar-refractivity contribution in [1.82, 2.24) is 25.2 Å². The monoisotopic (exact) mass is 587 g/mol. The van der Waals surface area contributed by atoms with E-state index in [9.17, 15) is 32.7 Å². The van der Waals surface area contributed by atoms with Gasteiger partial charge in [0.05, 0.1) is 23.6 Å². The number of nitrogens with one attached hydrogen (secondary N) is 2. The summed E-state index contributed by atoms with van der Waals surface area (Å²) in [7, 11) is 0. The largest absolute Gasteiger partial charge is 0.480 e. The summed E-state index contributed by atoms with van der Waals surface area (Å²) in [6.07, 6.45) is -1.49. The average Bonchev–Trinajstić information content (AvgIpc) is 3.53. The van der Waals surface area contributed by atoms with Crippen molar-refractivity contribution in [2.24, 2.45) is 17.3 Å². The highest BCUT2D eigenvalue weighted by atomic mass is 19.4. The quantitative estimate of drug-likeness (QED) is 0.328. The first kappa shape index (κ1) is 29.3. The second kappa shape index (κ2) is 11.6. The number of amides is 2. The fraction of sp³-hybridized carbons (Fsp3) is 0.483. The Morgan fingerprint density at radius 1 is 1.17 bits per heavy atom. The van der Waals surface area contributed by atoms with Crippen LogP contribution in [0.25, 0.3) is 5.65 Å². The van der Waals surface area contributed by atoms with Gasteiger partial charge in [0.15, 0.2) is 11.1 Å². The highest BCUT2D eigenvalue weighted by Crippen LogP contribution is 2.40. The lowest BCUT2D eigenvalue weighted by atomic mass is 9.78. The third kappa shape index (κ3) is 6.19. The molecule has 13 heteroatoms. The number of rotatable bonds is 8. The first-order valence-corrected chi connectivity index (χ1v) is 13.9. The Bertz CT molecular complexity index is 1450. The Kier molecular flexibility index (Phi) is 8.11. The maximum Gasteiger partial charge on any atom is 0.408 e. The van der Waals surface area contributed by atoms with Gasteiger partial charge in [-0.3, -0.25) is 9.59 Å². The van der Waals surface area contributed by atoms with Crippen LogP contribution < -0.4 is 10.6 Å². The topological polar surface area (TPSA) is 135 Å². The number of alkyl carbamates (subject to hydrolysis) is 1. The molecule has 0 bridgehead atoms. The highest BCUT2D eigenvalue weighted by molar-refractivity contribution is 6.04. The van der Waals surface area contributed by atoms with Gasteiger partial charge in [-0.05, 0) is 42.4 Å². The van der Waals surface area contributed by atoms with Crippen LogP contribution in [0.3, 0.4) is 0 Å². The molecule has 3 heterocycles. The molecule has 0 radical (unpaired) electrons. The molecule has 1 aromatic carbocycles. The molecule has 5 rings (SSSR count). The molecule has 3 atom stereocenters. The van der Waals surface area contributed by atoms with Crippen molar-refractivity contribution >= 4 is 23.6 Å². The molecule has 1 unspecified atom stereocenters. The Morgan fingerprint density at radius 2 is 1.88 bits per heavy atom. The summed E-state index contributed by atoms with van der Waals surface area (Å²) in [5, 5.41) is 18.9. The molecule has 3 aromatic rings. The van der Waals surface area contributed by atoms with Crippen LogP contribution in [0.2, 0.25) is 0 Å². The summed E-state index contributed by atoms with van der Waals surface area (Å²) in [5.74, 6) is -2.18. The van der Waals surface area contributed by atoms with Crippen LogP contribution in [0.5, 0.6) is 0 Å². The van der Waals surface area contributed by atoms with Crippen LogP contribution >= 0.6 is 0 Å². The van der Waals surface area contributed by atoms with Crippen molar-refractivity contribution in [3.63, 3.8) is 0 Å². The first-order valence-electron chi connectivity index (χ1n) is 13.9. The molecule has 0 spiro atoms. The van der Waals surface area contributed by atoms with E-state index in [-0.39, 0.29) is 18.2 Å². The number of nitrogens with zero attached hydrogens (tertiary/aromatic N) is 3. The fourth-order valence-electron chi connectivity index (χ4n) is 5.84. The van der Waals surface area contributed by atoms with Gasteiger partial charge in [-0.1, -0.05) is 50.1 Å². The van der Waals surface area contributed by atoms with E-state index in [4.69, 9.17) is 4.74 Å². The lowest BCUT2D eigenvalue weighted by Crippen LogP contribution is -2.41. The van der Waals surface area contributed by atoms with Crippen LogP contribution in [-0.4, -0.2) is 49.9 Å². The number of ether oxygens (including phenoxy) is 1. The number of aliphatic carboxylic acids is 1. The van der Waals surface area contributed by atoms with Gasteiger partial charge in [0, 0.05) is 12.8 Å². The number of carboxylic acid groups (broad SMARTS) is 1. The molecule has 3 N–H and O–H groups in total. The van der Waals surface area contributed by atoms with Gasteiger partial charge in [0.2, 0.25) is 5.91 Å². The predicted molar refractivity (Wildman–Crippen MR) is 143 cm³/mol. The number of hydrogen-bond acceptors (Lipinski definition) is 6. The molecular weight excluding hydrogens is 555 g/mol. The van der Waals surface area contributed by atoms with Crippen LogP contribution in [0, 0.1) is 17.3 Å². The van der Waals surface area contributed by atoms with Gasteiger partial charge >= 0.3 is 18.2 Å². The van der Waals surface area contributed by atoms with Crippen LogP contribution in [0.4, 0.5) is 18.0 Å². The Balaban J connectivity index is 1.38. The number of halogens is 3. The number of carbonyl (C=O) groups is 3. The van der Waals surface area contributed by atoms with E-state index in [1.165, 1.54) is 10.6 Å². The smallest absolute Gasteiger partial charge is 0.408 e. The molecule has 42 heavy (non-hydrogen) atoms. The third-order valence-corrected chi connectivity index (χ3v) is 8.31. The summed E-state index contributed by atoms with van der Waals surface area (Å²) in [6, 6.07) is 9.56. The number of carbonyl (C=O) groups excluding carboxylic acids is 2. The Morgan fingerprint density at radius 3 is 2.52 bits per heavy atom. The zero-order chi connectivity index (χ0) is 30.1. The summed E-state index contributed by atoms with van der Waals surface area (Å²) >= 11 is 0. The van der Waals surface area contributed by atoms with Crippen molar-refractivity contribution in [3.05, 3.63) is 65.6 Å². The number of imidazole rings is 1. The van der Waals surface area contributed by atoms with Crippen molar-refractivity contribution in [2.75, 3.05) is 0 Å². The Hall–Kier alpha value is -4.16. The molecular formula is C29H32F3N5O5. The summed E-state index contributed by atoms with van der Waals surface area (Å²) < 4.78 is 46.7. The van der Waals surface area contributed by atoms with Crippen molar-refractivity contribution in [2.45, 2.75) is 70.3 Å². The van der Waals surface area contributed by atoms with E-state index >= 15 is 0 Å². The molecule has 10 nitrogen and oxygen atoms in total. The second-order valence-electron chi connectivity index (χ2n) is 11.3. The second-order valence-corrected chi connectivity index (χ2v) is 11.3. The maximum atomic E-state index is 13.3. The molecule has 2 fully saturated rings. The normalized spacial score (nSPS) is 25.1. The minimum Gasteiger partial charge on any atom is -0.480 e. The first-order chi connectivity index (χ1) is 19.9. The van der Waals surface area contributed by atoms with E-state index in [1.54, 1.807) is 17.6 Å². The summed E-state index contributed by atoms with van der Waals surface area (Å²) in [5.41, 5.74) is -0.424. The fourth-order valence-corrected chi connectivity index (χ4v) is 5.84. The van der Waals surface area contributed by atoms with Gasteiger partial charge in [-0.2, -0.15) is 18.3 Å². The average molecular weight is 588 g/mol.